The van der Waals surface area contributed by atoms with Gasteiger partial charge in [0.15, 0.2) is 11.5 Å². The summed E-state index contributed by atoms with van der Waals surface area (Å²) in [5.41, 5.74) is 0.979. The average molecular weight is 363 g/mol. The van der Waals surface area contributed by atoms with Gasteiger partial charge in [-0.1, -0.05) is 6.07 Å². The van der Waals surface area contributed by atoms with E-state index < -0.39 is 10.0 Å². The van der Waals surface area contributed by atoms with Crippen LogP contribution in [0.15, 0.2) is 47.4 Å². The van der Waals surface area contributed by atoms with Crippen molar-refractivity contribution in [2.75, 3.05) is 13.3 Å². The Kier molecular flexibility index (Phi) is 5.15. The summed E-state index contributed by atoms with van der Waals surface area (Å²) in [5.74, 6) is 2.06. The molecule has 134 valence electrons. The van der Waals surface area contributed by atoms with Crippen molar-refractivity contribution in [1.29, 1.82) is 0 Å². The Labute approximate surface area is 147 Å². The molecule has 0 spiro atoms. The van der Waals surface area contributed by atoms with Crippen molar-refractivity contribution in [3.05, 3.63) is 48.0 Å². The second-order valence-corrected chi connectivity index (χ2v) is 7.74. The van der Waals surface area contributed by atoms with Crippen molar-refractivity contribution in [2.24, 2.45) is 0 Å². The van der Waals surface area contributed by atoms with Gasteiger partial charge in [0.25, 0.3) is 0 Å². The van der Waals surface area contributed by atoms with Crippen LogP contribution in [0, 0.1) is 0 Å². The molecule has 0 saturated carbocycles. The zero-order valence-electron chi connectivity index (χ0n) is 14.2. The van der Waals surface area contributed by atoms with Crippen molar-refractivity contribution in [1.82, 2.24) is 4.72 Å². The highest BCUT2D eigenvalue weighted by atomic mass is 32.2. The Morgan fingerprint density at radius 1 is 1.08 bits per heavy atom. The molecule has 3 rings (SSSR count). The summed E-state index contributed by atoms with van der Waals surface area (Å²) < 4.78 is 43.4. The zero-order chi connectivity index (χ0) is 17.9. The minimum atomic E-state index is -3.55. The van der Waals surface area contributed by atoms with Crippen molar-refractivity contribution >= 4 is 10.0 Å². The highest BCUT2D eigenvalue weighted by Gasteiger charge is 2.15. The molecule has 0 atom stereocenters. The van der Waals surface area contributed by atoms with Crippen LogP contribution in [-0.4, -0.2) is 27.9 Å². The minimum Gasteiger partial charge on any atom is -0.491 e. The van der Waals surface area contributed by atoms with E-state index >= 15 is 0 Å². The number of rotatable bonds is 7. The molecule has 0 radical (unpaired) electrons. The molecule has 7 heteroatoms. The van der Waals surface area contributed by atoms with E-state index in [4.69, 9.17) is 14.2 Å². The van der Waals surface area contributed by atoms with Crippen LogP contribution in [0.25, 0.3) is 0 Å². The summed E-state index contributed by atoms with van der Waals surface area (Å²) in [4.78, 5) is 0.217. The molecule has 25 heavy (non-hydrogen) atoms. The molecule has 2 aromatic rings. The SMILES string of the molecule is CC(C)Oc1ccc(S(=O)(=O)NCCc2ccc3c(c2)OCO3)cc1. The smallest absolute Gasteiger partial charge is 0.240 e. The minimum absolute atomic E-state index is 0.0438. The van der Waals surface area contributed by atoms with E-state index in [1.807, 2.05) is 32.0 Å². The number of benzene rings is 2. The van der Waals surface area contributed by atoms with E-state index in [9.17, 15) is 8.42 Å². The number of ether oxygens (including phenoxy) is 3. The van der Waals surface area contributed by atoms with Crippen LogP contribution in [-0.2, 0) is 16.4 Å². The van der Waals surface area contributed by atoms with Gasteiger partial charge in [0.1, 0.15) is 5.75 Å². The molecule has 0 unspecified atom stereocenters. The molecule has 1 heterocycles. The number of hydrogen-bond acceptors (Lipinski definition) is 5. The first-order valence-corrected chi connectivity index (χ1v) is 9.57. The van der Waals surface area contributed by atoms with Gasteiger partial charge in [-0.2, -0.15) is 0 Å². The van der Waals surface area contributed by atoms with Crippen LogP contribution in [0.1, 0.15) is 19.4 Å². The molecular weight excluding hydrogens is 342 g/mol. The molecule has 1 N–H and O–H groups in total. The van der Waals surface area contributed by atoms with Gasteiger partial charge in [0.2, 0.25) is 16.8 Å². The number of nitrogens with one attached hydrogen (secondary N) is 1. The maximum atomic E-state index is 12.3. The van der Waals surface area contributed by atoms with Crippen molar-refractivity contribution in [2.45, 2.75) is 31.3 Å². The first-order valence-electron chi connectivity index (χ1n) is 8.09. The standard InChI is InChI=1S/C18H21NO5S/c1-13(2)24-15-4-6-16(7-5-15)25(20,21)19-10-9-14-3-8-17-18(11-14)23-12-22-17/h3-8,11,13,19H,9-10,12H2,1-2H3. The first-order chi connectivity index (χ1) is 11.9. The van der Waals surface area contributed by atoms with E-state index in [1.165, 1.54) is 0 Å². The van der Waals surface area contributed by atoms with E-state index in [-0.39, 0.29) is 17.8 Å². The summed E-state index contributed by atoms with van der Waals surface area (Å²) in [5, 5.41) is 0. The predicted molar refractivity (Wildman–Crippen MR) is 93.7 cm³/mol. The second kappa shape index (κ2) is 7.33. The third-order valence-corrected chi connectivity index (χ3v) is 5.13. The van der Waals surface area contributed by atoms with Crippen LogP contribution in [0.5, 0.6) is 17.2 Å². The maximum Gasteiger partial charge on any atom is 0.240 e. The molecule has 6 nitrogen and oxygen atoms in total. The highest BCUT2D eigenvalue weighted by molar-refractivity contribution is 7.89. The largest absolute Gasteiger partial charge is 0.491 e. The number of sulfonamides is 1. The van der Waals surface area contributed by atoms with Gasteiger partial charge in [0.05, 0.1) is 11.0 Å². The lowest BCUT2D eigenvalue weighted by Crippen LogP contribution is -2.26. The topological polar surface area (TPSA) is 73.9 Å². The average Bonchev–Trinajstić information content (AvgIpc) is 3.02. The van der Waals surface area contributed by atoms with Crippen molar-refractivity contribution in [3.8, 4) is 17.2 Å². The summed E-state index contributed by atoms with van der Waals surface area (Å²) in [6.07, 6.45) is 0.604. The normalized spacial score (nSPS) is 13.2. The zero-order valence-corrected chi connectivity index (χ0v) is 15.0. The first kappa shape index (κ1) is 17.6. The van der Waals surface area contributed by atoms with Gasteiger partial charge in [0, 0.05) is 6.54 Å². The van der Waals surface area contributed by atoms with E-state index in [1.54, 1.807) is 24.3 Å². The van der Waals surface area contributed by atoms with Gasteiger partial charge in [-0.15, -0.1) is 0 Å². The molecular formula is C18H21NO5S. The quantitative estimate of drug-likeness (QED) is 0.819. The molecule has 2 aromatic carbocycles. The fraction of sp³-hybridized carbons (Fsp3) is 0.333. The third-order valence-electron chi connectivity index (χ3n) is 3.65. The van der Waals surface area contributed by atoms with Crippen LogP contribution in [0.2, 0.25) is 0 Å². The summed E-state index contributed by atoms with van der Waals surface area (Å²) in [6, 6.07) is 12.0. The van der Waals surface area contributed by atoms with E-state index in [0.29, 0.717) is 30.2 Å². The van der Waals surface area contributed by atoms with Gasteiger partial charge in [-0.3, -0.25) is 0 Å². The fourth-order valence-corrected chi connectivity index (χ4v) is 3.51. The monoisotopic (exact) mass is 363 g/mol. The summed E-state index contributed by atoms with van der Waals surface area (Å²) in [7, 11) is -3.55. The number of hydrogen-bond donors (Lipinski definition) is 1. The second-order valence-electron chi connectivity index (χ2n) is 5.97. The van der Waals surface area contributed by atoms with Crippen LogP contribution >= 0.6 is 0 Å². The lowest BCUT2D eigenvalue weighted by molar-refractivity contribution is 0.174. The number of fused-ring (bicyclic) bond motifs is 1. The van der Waals surface area contributed by atoms with Gasteiger partial charge in [-0.05, 0) is 62.2 Å². The summed E-state index contributed by atoms with van der Waals surface area (Å²) in [6.45, 7) is 4.36. The molecule has 0 aliphatic carbocycles. The fourth-order valence-electron chi connectivity index (χ4n) is 2.48. The van der Waals surface area contributed by atoms with Crippen molar-refractivity contribution < 1.29 is 22.6 Å². The molecule has 1 aliphatic heterocycles. The summed E-state index contributed by atoms with van der Waals surface area (Å²) >= 11 is 0. The van der Waals surface area contributed by atoms with Crippen LogP contribution in [0.4, 0.5) is 0 Å². The third kappa shape index (κ3) is 4.43. The Hall–Kier alpha value is -2.25. The van der Waals surface area contributed by atoms with Gasteiger partial charge >= 0.3 is 0 Å². The van der Waals surface area contributed by atoms with Gasteiger partial charge in [-0.25, -0.2) is 13.1 Å². The molecule has 0 saturated heterocycles. The molecule has 1 aliphatic rings. The lowest BCUT2D eigenvalue weighted by atomic mass is 10.1. The molecule has 0 bridgehead atoms. The highest BCUT2D eigenvalue weighted by Crippen LogP contribution is 2.32. The Morgan fingerprint density at radius 2 is 1.80 bits per heavy atom. The van der Waals surface area contributed by atoms with Crippen LogP contribution < -0.4 is 18.9 Å². The Balaban J connectivity index is 1.58. The predicted octanol–water partition coefficient (Wildman–Crippen LogP) is 2.72. The molecule has 0 aromatic heterocycles. The van der Waals surface area contributed by atoms with Crippen LogP contribution in [0.3, 0.4) is 0 Å². The molecule has 0 fully saturated rings. The maximum absolute atomic E-state index is 12.3. The lowest BCUT2D eigenvalue weighted by Gasteiger charge is -2.11. The van der Waals surface area contributed by atoms with E-state index in [2.05, 4.69) is 4.72 Å². The van der Waals surface area contributed by atoms with E-state index in [0.717, 1.165) is 5.56 Å². The Morgan fingerprint density at radius 3 is 2.52 bits per heavy atom. The molecule has 0 amide bonds. The Bertz CT molecular complexity index is 831. The van der Waals surface area contributed by atoms with Gasteiger partial charge < -0.3 is 14.2 Å². The van der Waals surface area contributed by atoms with Crippen molar-refractivity contribution in [3.63, 3.8) is 0 Å².